The Kier molecular flexibility index (Phi) is 5.54. The first-order chi connectivity index (χ1) is 8.86. The lowest BCUT2D eigenvalue weighted by atomic mass is 10.2. The predicted molar refractivity (Wildman–Crippen MR) is 69.3 cm³/mol. The molecule has 1 saturated heterocycles. The van der Waals surface area contributed by atoms with Gasteiger partial charge in [-0.1, -0.05) is 6.07 Å². The van der Waals surface area contributed by atoms with E-state index >= 15 is 0 Å². The predicted octanol–water partition coefficient (Wildman–Crippen LogP) is 0.0368. The Balaban J connectivity index is 1.60. The summed E-state index contributed by atoms with van der Waals surface area (Å²) in [5.41, 5.74) is 0.719. The van der Waals surface area contributed by atoms with E-state index in [4.69, 9.17) is 4.74 Å². The Morgan fingerprint density at radius 3 is 2.94 bits per heavy atom. The van der Waals surface area contributed by atoms with Gasteiger partial charge in [0.1, 0.15) is 6.10 Å². The summed E-state index contributed by atoms with van der Waals surface area (Å²) >= 11 is 0. The molecule has 1 aliphatic heterocycles. The molecule has 1 aromatic rings. The topological polar surface area (TPSA) is 57.6 Å². The number of morpholine rings is 1. The Hall–Kier alpha value is -1.01. The van der Waals surface area contributed by atoms with Gasteiger partial charge in [0.15, 0.2) is 0 Å². The van der Waals surface area contributed by atoms with Crippen LogP contribution in [0.2, 0.25) is 0 Å². The third-order valence-electron chi connectivity index (χ3n) is 3.08. The molecule has 5 heteroatoms. The lowest BCUT2D eigenvalue weighted by molar-refractivity contribution is 0.0380. The molecule has 0 amide bonds. The number of pyridine rings is 1. The van der Waals surface area contributed by atoms with E-state index in [0.29, 0.717) is 6.54 Å². The highest BCUT2D eigenvalue weighted by Crippen LogP contribution is 2.06. The van der Waals surface area contributed by atoms with Crippen LogP contribution in [0.1, 0.15) is 11.8 Å². The van der Waals surface area contributed by atoms with E-state index in [9.17, 15) is 5.11 Å². The number of hydrogen-bond donors (Lipinski definition) is 2. The van der Waals surface area contributed by atoms with Crippen LogP contribution in [-0.2, 0) is 4.74 Å². The zero-order chi connectivity index (χ0) is 12.6. The number of ether oxygens (including phenoxy) is 1. The van der Waals surface area contributed by atoms with Gasteiger partial charge in [0, 0.05) is 38.9 Å². The van der Waals surface area contributed by atoms with E-state index in [1.807, 2.05) is 18.2 Å². The highest BCUT2D eigenvalue weighted by molar-refractivity contribution is 5.06. The Labute approximate surface area is 108 Å². The minimum atomic E-state index is -0.532. The monoisotopic (exact) mass is 251 g/mol. The number of nitrogens with one attached hydrogen (secondary N) is 1. The minimum absolute atomic E-state index is 0.532. The molecule has 0 saturated carbocycles. The van der Waals surface area contributed by atoms with E-state index in [2.05, 4.69) is 15.2 Å². The molecular formula is C13H21N3O2. The van der Waals surface area contributed by atoms with Gasteiger partial charge in [-0.3, -0.25) is 9.88 Å². The SMILES string of the molecule is OC(CNCCN1CCOCC1)c1ccccn1. The van der Waals surface area contributed by atoms with Crippen molar-refractivity contribution in [3.05, 3.63) is 30.1 Å². The second kappa shape index (κ2) is 7.43. The van der Waals surface area contributed by atoms with Crippen LogP contribution in [0.5, 0.6) is 0 Å². The van der Waals surface area contributed by atoms with Crippen LogP contribution in [0.3, 0.4) is 0 Å². The molecule has 2 rings (SSSR count). The molecule has 0 spiro atoms. The van der Waals surface area contributed by atoms with Crippen LogP contribution in [0.25, 0.3) is 0 Å². The zero-order valence-electron chi connectivity index (χ0n) is 10.6. The Bertz CT molecular complexity index is 328. The van der Waals surface area contributed by atoms with Crippen molar-refractivity contribution in [1.29, 1.82) is 0 Å². The van der Waals surface area contributed by atoms with E-state index in [1.54, 1.807) is 6.20 Å². The molecule has 2 heterocycles. The molecule has 1 unspecified atom stereocenters. The molecule has 1 atom stereocenters. The van der Waals surface area contributed by atoms with Crippen LogP contribution in [0, 0.1) is 0 Å². The van der Waals surface area contributed by atoms with Crippen molar-refractivity contribution in [2.24, 2.45) is 0 Å². The largest absolute Gasteiger partial charge is 0.385 e. The quantitative estimate of drug-likeness (QED) is 0.699. The fraction of sp³-hybridized carbons (Fsp3) is 0.615. The summed E-state index contributed by atoms with van der Waals surface area (Å²) < 4.78 is 5.29. The summed E-state index contributed by atoms with van der Waals surface area (Å²) in [6.07, 6.45) is 1.17. The molecule has 1 aromatic heterocycles. The van der Waals surface area contributed by atoms with Gasteiger partial charge in [0.05, 0.1) is 18.9 Å². The van der Waals surface area contributed by atoms with Gasteiger partial charge >= 0.3 is 0 Å². The fourth-order valence-corrected chi connectivity index (χ4v) is 1.98. The van der Waals surface area contributed by atoms with E-state index < -0.39 is 6.10 Å². The first kappa shape index (κ1) is 13.4. The Morgan fingerprint density at radius 1 is 1.39 bits per heavy atom. The molecule has 5 nitrogen and oxygen atoms in total. The molecule has 2 N–H and O–H groups in total. The zero-order valence-corrected chi connectivity index (χ0v) is 10.6. The van der Waals surface area contributed by atoms with E-state index in [-0.39, 0.29) is 0 Å². The van der Waals surface area contributed by atoms with Crippen LogP contribution < -0.4 is 5.32 Å². The van der Waals surface area contributed by atoms with Crippen molar-refractivity contribution in [3.8, 4) is 0 Å². The summed E-state index contributed by atoms with van der Waals surface area (Å²) in [5, 5.41) is 13.2. The highest BCUT2D eigenvalue weighted by Gasteiger charge is 2.10. The van der Waals surface area contributed by atoms with E-state index in [1.165, 1.54) is 0 Å². The van der Waals surface area contributed by atoms with Gasteiger partial charge in [0.2, 0.25) is 0 Å². The lowest BCUT2D eigenvalue weighted by Gasteiger charge is -2.26. The van der Waals surface area contributed by atoms with Crippen molar-refractivity contribution in [3.63, 3.8) is 0 Å². The average molecular weight is 251 g/mol. The maximum Gasteiger partial charge on any atom is 0.108 e. The van der Waals surface area contributed by atoms with Crippen molar-refractivity contribution in [1.82, 2.24) is 15.2 Å². The number of hydrogen-bond acceptors (Lipinski definition) is 5. The first-order valence-electron chi connectivity index (χ1n) is 6.46. The minimum Gasteiger partial charge on any atom is -0.385 e. The summed E-state index contributed by atoms with van der Waals surface area (Å²) in [6.45, 7) is 6.09. The summed E-state index contributed by atoms with van der Waals surface area (Å²) in [6, 6.07) is 5.58. The van der Waals surface area contributed by atoms with Crippen molar-refractivity contribution < 1.29 is 9.84 Å². The van der Waals surface area contributed by atoms with Gasteiger partial charge in [0.25, 0.3) is 0 Å². The third kappa shape index (κ3) is 4.34. The Morgan fingerprint density at radius 2 is 2.22 bits per heavy atom. The second-order valence-electron chi connectivity index (χ2n) is 4.43. The van der Waals surface area contributed by atoms with Gasteiger partial charge in [-0.2, -0.15) is 0 Å². The summed E-state index contributed by atoms with van der Waals surface area (Å²) in [4.78, 5) is 6.50. The second-order valence-corrected chi connectivity index (χ2v) is 4.43. The van der Waals surface area contributed by atoms with Gasteiger partial charge < -0.3 is 15.2 Å². The van der Waals surface area contributed by atoms with E-state index in [0.717, 1.165) is 45.1 Å². The molecule has 0 bridgehead atoms. The normalized spacial score (nSPS) is 18.7. The molecular weight excluding hydrogens is 230 g/mol. The average Bonchev–Trinajstić information content (AvgIpc) is 2.45. The molecule has 0 radical (unpaired) electrons. The summed E-state index contributed by atoms with van der Waals surface area (Å²) in [7, 11) is 0. The number of aromatic nitrogens is 1. The molecule has 0 aliphatic carbocycles. The summed E-state index contributed by atoms with van der Waals surface area (Å²) in [5.74, 6) is 0. The molecule has 0 aromatic carbocycles. The lowest BCUT2D eigenvalue weighted by Crippen LogP contribution is -2.40. The van der Waals surface area contributed by atoms with Gasteiger partial charge in [-0.25, -0.2) is 0 Å². The van der Waals surface area contributed by atoms with Gasteiger partial charge in [-0.05, 0) is 12.1 Å². The number of nitrogens with zero attached hydrogens (tertiary/aromatic N) is 2. The molecule has 18 heavy (non-hydrogen) atoms. The third-order valence-corrected chi connectivity index (χ3v) is 3.08. The van der Waals surface area contributed by atoms with Crippen LogP contribution in [-0.4, -0.2) is 60.9 Å². The number of aliphatic hydroxyl groups excluding tert-OH is 1. The highest BCUT2D eigenvalue weighted by atomic mass is 16.5. The first-order valence-corrected chi connectivity index (χ1v) is 6.46. The maximum absolute atomic E-state index is 9.90. The number of aliphatic hydroxyl groups is 1. The van der Waals surface area contributed by atoms with Crippen LogP contribution in [0.4, 0.5) is 0 Å². The smallest absolute Gasteiger partial charge is 0.108 e. The number of rotatable bonds is 6. The molecule has 1 aliphatic rings. The van der Waals surface area contributed by atoms with Gasteiger partial charge in [-0.15, -0.1) is 0 Å². The van der Waals surface area contributed by atoms with Crippen LogP contribution in [0.15, 0.2) is 24.4 Å². The molecule has 1 fully saturated rings. The van der Waals surface area contributed by atoms with Crippen molar-refractivity contribution in [2.75, 3.05) is 45.9 Å². The standard InChI is InChI=1S/C13H21N3O2/c17-13(12-3-1-2-4-15-12)11-14-5-6-16-7-9-18-10-8-16/h1-4,13-14,17H,5-11H2. The van der Waals surface area contributed by atoms with Crippen LogP contribution >= 0.6 is 0 Å². The maximum atomic E-state index is 9.90. The fourth-order valence-electron chi connectivity index (χ4n) is 1.98. The molecule has 100 valence electrons. The van der Waals surface area contributed by atoms with Crippen molar-refractivity contribution in [2.45, 2.75) is 6.10 Å². The van der Waals surface area contributed by atoms with Crippen molar-refractivity contribution >= 4 is 0 Å².